The Morgan fingerprint density at radius 3 is 2.08 bits per heavy atom. The second-order valence-corrected chi connectivity index (χ2v) is 7.31. The summed E-state index contributed by atoms with van der Waals surface area (Å²) in [5, 5.41) is 8.66. The Balaban J connectivity index is 2.72. The van der Waals surface area contributed by atoms with Crippen LogP contribution in [0.2, 0.25) is 0 Å². The Labute approximate surface area is 142 Å². The van der Waals surface area contributed by atoms with Gasteiger partial charge in [0.25, 0.3) is 0 Å². The molecule has 0 aromatic heterocycles. The highest BCUT2D eigenvalue weighted by molar-refractivity contribution is 7.89. The van der Waals surface area contributed by atoms with Crippen molar-refractivity contribution in [2.24, 2.45) is 0 Å². The Kier molecular flexibility index (Phi) is 7.37. The number of hydrogen-bond donors (Lipinski definition) is 1. The first-order valence-electron chi connectivity index (χ1n) is 7.77. The maximum absolute atomic E-state index is 12.4. The fourth-order valence-corrected chi connectivity index (χ4v) is 3.73. The molecule has 0 fully saturated rings. The van der Waals surface area contributed by atoms with Gasteiger partial charge in [-0.05, 0) is 24.1 Å². The van der Waals surface area contributed by atoms with E-state index in [4.69, 9.17) is 5.11 Å². The molecule has 0 radical (unpaired) electrons. The quantitative estimate of drug-likeness (QED) is 0.717. The molecule has 24 heavy (non-hydrogen) atoms. The molecule has 7 nitrogen and oxygen atoms in total. The van der Waals surface area contributed by atoms with Gasteiger partial charge < -0.3 is 10.0 Å². The lowest BCUT2D eigenvalue weighted by Crippen LogP contribution is -2.32. The number of aryl methyl sites for hydroxylation is 1. The number of likely N-dealkylation sites (N-methyl/N-ethyl adjacent to an activating group) is 1. The zero-order valence-electron chi connectivity index (χ0n) is 14.2. The molecule has 0 heterocycles. The molecule has 0 bridgehead atoms. The molecule has 0 saturated carbocycles. The molecule has 0 spiro atoms. The van der Waals surface area contributed by atoms with Crippen LogP contribution in [0.5, 0.6) is 0 Å². The predicted octanol–water partition coefficient (Wildman–Crippen LogP) is 1.19. The summed E-state index contributed by atoms with van der Waals surface area (Å²) in [5.74, 6) is -1.32. The van der Waals surface area contributed by atoms with Crippen LogP contribution in [0.1, 0.15) is 25.8 Å². The number of aliphatic carboxylic acids is 1. The van der Waals surface area contributed by atoms with E-state index in [1.165, 1.54) is 23.5 Å². The third-order valence-electron chi connectivity index (χ3n) is 3.69. The molecule has 1 amide bonds. The highest BCUT2D eigenvalue weighted by atomic mass is 32.2. The molecule has 0 saturated heterocycles. The molecule has 1 aromatic carbocycles. The van der Waals surface area contributed by atoms with Gasteiger partial charge in [-0.1, -0.05) is 26.0 Å². The van der Waals surface area contributed by atoms with E-state index in [9.17, 15) is 18.0 Å². The third-order valence-corrected chi connectivity index (χ3v) is 5.76. The monoisotopic (exact) mass is 356 g/mol. The van der Waals surface area contributed by atoms with Crippen molar-refractivity contribution in [2.75, 3.05) is 26.7 Å². The Morgan fingerprint density at radius 2 is 1.62 bits per heavy atom. The lowest BCUT2D eigenvalue weighted by molar-refractivity contribution is -0.143. The average molecular weight is 356 g/mol. The maximum atomic E-state index is 12.4. The minimum absolute atomic E-state index is 0.173. The molecule has 134 valence electrons. The first-order chi connectivity index (χ1) is 11.2. The standard InChI is InChI=1S/C16H24N2O5S/c1-4-18(5-2)24(22,23)14-9-6-13(7-10-14)8-11-15(19)17(3)12-16(20)21/h6-7,9-10H,4-5,8,11-12H2,1-3H3,(H,20,21). The van der Waals surface area contributed by atoms with E-state index in [0.717, 1.165) is 10.5 Å². The van der Waals surface area contributed by atoms with Crippen molar-refractivity contribution in [1.82, 2.24) is 9.21 Å². The van der Waals surface area contributed by atoms with Gasteiger partial charge in [-0.3, -0.25) is 9.59 Å². The molecule has 0 aliphatic heterocycles. The van der Waals surface area contributed by atoms with Gasteiger partial charge in [-0.2, -0.15) is 4.31 Å². The van der Waals surface area contributed by atoms with Crippen LogP contribution >= 0.6 is 0 Å². The SMILES string of the molecule is CCN(CC)S(=O)(=O)c1ccc(CCC(=O)N(C)CC(=O)O)cc1. The summed E-state index contributed by atoms with van der Waals surface area (Å²) < 4.78 is 26.1. The van der Waals surface area contributed by atoms with E-state index in [0.29, 0.717) is 19.5 Å². The van der Waals surface area contributed by atoms with Crippen LogP contribution in [-0.4, -0.2) is 61.3 Å². The Morgan fingerprint density at radius 1 is 1.08 bits per heavy atom. The third kappa shape index (κ3) is 5.31. The van der Waals surface area contributed by atoms with Crippen molar-refractivity contribution in [3.63, 3.8) is 0 Å². The molecular weight excluding hydrogens is 332 g/mol. The van der Waals surface area contributed by atoms with Gasteiger partial charge in [0.15, 0.2) is 0 Å². The van der Waals surface area contributed by atoms with Gasteiger partial charge in [-0.25, -0.2) is 8.42 Å². The largest absolute Gasteiger partial charge is 0.480 e. The number of carboxylic acid groups (broad SMARTS) is 1. The first-order valence-corrected chi connectivity index (χ1v) is 9.21. The second kappa shape index (κ2) is 8.79. The number of hydrogen-bond acceptors (Lipinski definition) is 4. The summed E-state index contributed by atoms with van der Waals surface area (Å²) in [7, 11) is -2.04. The van der Waals surface area contributed by atoms with Crippen LogP contribution in [0.3, 0.4) is 0 Å². The van der Waals surface area contributed by atoms with E-state index in [-0.39, 0.29) is 23.8 Å². The van der Waals surface area contributed by atoms with Crippen molar-refractivity contribution in [3.8, 4) is 0 Å². The molecule has 0 atom stereocenters. The van der Waals surface area contributed by atoms with Crippen molar-refractivity contribution in [2.45, 2.75) is 31.6 Å². The number of carbonyl (C=O) groups excluding carboxylic acids is 1. The van der Waals surface area contributed by atoms with Gasteiger partial charge in [0.1, 0.15) is 6.54 Å². The number of benzene rings is 1. The van der Waals surface area contributed by atoms with Gasteiger partial charge in [0.05, 0.1) is 4.90 Å². The first kappa shape index (κ1) is 20.1. The van der Waals surface area contributed by atoms with Gasteiger partial charge >= 0.3 is 5.97 Å². The van der Waals surface area contributed by atoms with Gasteiger partial charge in [0, 0.05) is 26.6 Å². The molecule has 1 N–H and O–H groups in total. The summed E-state index contributed by atoms with van der Waals surface area (Å²) in [6, 6.07) is 6.44. The molecule has 0 aliphatic rings. The second-order valence-electron chi connectivity index (χ2n) is 5.38. The molecule has 0 unspecified atom stereocenters. The van der Waals surface area contributed by atoms with E-state index in [1.54, 1.807) is 26.0 Å². The molecular formula is C16H24N2O5S. The highest BCUT2D eigenvalue weighted by Gasteiger charge is 2.21. The van der Waals surface area contributed by atoms with Crippen molar-refractivity contribution in [3.05, 3.63) is 29.8 Å². The fraction of sp³-hybridized carbons (Fsp3) is 0.500. The number of carbonyl (C=O) groups is 2. The summed E-state index contributed by atoms with van der Waals surface area (Å²) in [6.45, 7) is 4.05. The molecule has 1 rings (SSSR count). The van der Waals surface area contributed by atoms with Crippen LogP contribution < -0.4 is 0 Å². The number of amides is 1. The number of sulfonamides is 1. The maximum Gasteiger partial charge on any atom is 0.323 e. The van der Waals surface area contributed by atoms with E-state index in [2.05, 4.69) is 0 Å². The van der Waals surface area contributed by atoms with E-state index in [1.807, 2.05) is 0 Å². The average Bonchev–Trinajstić information content (AvgIpc) is 2.53. The minimum atomic E-state index is -3.48. The molecule has 8 heteroatoms. The number of carboxylic acids is 1. The smallest absolute Gasteiger partial charge is 0.323 e. The lowest BCUT2D eigenvalue weighted by atomic mass is 10.1. The van der Waals surface area contributed by atoms with Crippen LogP contribution in [0.4, 0.5) is 0 Å². The number of rotatable bonds is 9. The fourth-order valence-electron chi connectivity index (χ4n) is 2.27. The summed E-state index contributed by atoms with van der Waals surface area (Å²) in [5.41, 5.74) is 0.825. The minimum Gasteiger partial charge on any atom is -0.480 e. The van der Waals surface area contributed by atoms with Crippen LogP contribution in [-0.2, 0) is 26.0 Å². The Bertz CT molecular complexity index is 666. The summed E-state index contributed by atoms with van der Waals surface area (Å²) in [4.78, 5) is 23.8. The van der Waals surface area contributed by atoms with Crippen molar-refractivity contribution in [1.29, 1.82) is 0 Å². The van der Waals surface area contributed by atoms with Crippen LogP contribution in [0.15, 0.2) is 29.2 Å². The topological polar surface area (TPSA) is 95.0 Å². The summed E-state index contributed by atoms with van der Waals surface area (Å²) in [6.07, 6.45) is 0.598. The highest BCUT2D eigenvalue weighted by Crippen LogP contribution is 2.17. The van der Waals surface area contributed by atoms with Gasteiger partial charge in [-0.15, -0.1) is 0 Å². The lowest BCUT2D eigenvalue weighted by Gasteiger charge is -2.18. The van der Waals surface area contributed by atoms with Crippen molar-refractivity contribution < 1.29 is 23.1 Å². The van der Waals surface area contributed by atoms with E-state index >= 15 is 0 Å². The van der Waals surface area contributed by atoms with Crippen molar-refractivity contribution >= 4 is 21.9 Å². The zero-order valence-corrected chi connectivity index (χ0v) is 15.0. The normalized spacial score (nSPS) is 11.5. The van der Waals surface area contributed by atoms with E-state index < -0.39 is 16.0 Å². The Hall–Kier alpha value is -1.93. The molecule has 0 aliphatic carbocycles. The van der Waals surface area contributed by atoms with Crippen LogP contribution in [0, 0.1) is 0 Å². The molecule has 1 aromatic rings. The number of nitrogens with zero attached hydrogens (tertiary/aromatic N) is 2. The zero-order chi connectivity index (χ0) is 18.3. The predicted molar refractivity (Wildman–Crippen MR) is 90.1 cm³/mol. The van der Waals surface area contributed by atoms with Gasteiger partial charge in [0.2, 0.25) is 15.9 Å². The summed E-state index contributed by atoms with van der Waals surface area (Å²) >= 11 is 0. The van der Waals surface area contributed by atoms with Crippen LogP contribution in [0.25, 0.3) is 0 Å².